The van der Waals surface area contributed by atoms with Gasteiger partial charge in [0.15, 0.2) is 4.77 Å². The Labute approximate surface area is 122 Å². The number of fused-ring (bicyclic) bond motifs is 1. The second-order valence-electron chi connectivity index (χ2n) is 4.98. The highest BCUT2D eigenvalue weighted by Gasteiger charge is 2.16. The van der Waals surface area contributed by atoms with Gasteiger partial charge in [-0.05, 0) is 54.6 Å². The van der Waals surface area contributed by atoms with E-state index in [0.717, 1.165) is 28.5 Å². The summed E-state index contributed by atoms with van der Waals surface area (Å²) in [5.74, 6) is 4.20. The maximum atomic E-state index is 5.46. The number of hydrogen-bond donors (Lipinski definition) is 1. The van der Waals surface area contributed by atoms with Gasteiger partial charge in [0.1, 0.15) is 5.75 Å². The zero-order chi connectivity index (χ0) is 13.2. The summed E-state index contributed by atoms with van der Waals surface area (Å²) in [6, 6.07) is 6.11. The van der Waals surface area contributed by atoms with Crippen LogP contribution in [0.15, 0.2) is 18.2 Å². The molecule has 102 valence electrons. The van der Waals surface area contributed by atoms with Gasteiger partial charge in [0.2, 0.25) is 0 Å². The number of nitrogens with zero attached hydrogens (tertiary/aromatic N) is 1. The van der Waals surface area contributed by atoms with Gasteiger partial charge in [0.25, 0.3) is 0 Å². The predicted octanol–water partition coefficient (Wildman–Crippen LogP) is 3.85. The minimum atomic E-state index is 0.758. The van der Waals surface area contributed by atoms with E-state index < -0.39 is 0 Å². The number of aromatic amines is 1. The van der Waals surface area contributed by atoms with Crippen LogP contribution in [0.2, 0.25) is 0 Å². The fourth-order valence-electron chi connectivity index (χ4n) is 2.64. The van der Waals surface area contributed by atoms with Crippen molar-refractivity contribution >= 4 is 35.0 Å². The van der Waals surface area contributed by atoms with E-state index in [1.165, 1.54) is 29.9 Å². The highest BCUT2D eigenvalue weighted by atomic mass is 32.2. The Morgan fingerprint density at radius 1 is 1.42 bits per heavy atom. The van der Waals surface area contributed by atoms with Gasteiger partial charge in [-0.2, -0.15) is 11.8 Å². The van der Waals surface area contributed by atoms with Crippen molar-refractivity contribution in [1.82, 2.24) is 9.55 Å². The largest absolute Gasteiger partial charge is 0.497 e. The molecule has 1 aliphatic rings. The van der Waals surface area contributed by atoms with Crippen molar-refractivity contribution in [2.75, 3.05) is 18.6 Å². The third-order valence-corrected chi connectivity index (χ3v) is 5.13. The number of H-pyrrole nitrogens is 1. The number of benzene rings is 1. The van der Waals surface area contributed by atoms with Gasteiger partial charge in [0, 0.05) is 12.6 Å². The molecule has 0 bridgehead atoms. The molecular formula is C14H18N2OS2. The molecule has 1 fully saturated rings. The van der Waals surface area contributed by atoms with Crippen molar-refractivity contribution in [3.63, 3.8) is 0 Å². The van der Waals surface area contributed by atoms with Crippen LogP contribution in [0.4, 0.5) is 0 Å². The first kappa shape index (κ1) is 13.1. The molecule has 19 heavy (non-hydrogen) atoms. The Bertz CT molecular complexity index is 626. The molecule has 0 aliphatic carbocycles. The smallest absolute Gasteiger partial charge is 0.178 e. The van der Waals surface area contributed by atoms with E-state index in [1.807, 2.05) is 12.1 Å². The lowest BCUT2D eigenvalue weighted by molar-refractivity contribution is 0.414. The number of methoxy groups -OCH3 is 1. The number of ether oxygens (including phenoxy) is 1. The first-order valence-corrected chi connectivity index (χ1v) is 8.18. The normalized spacial score (nSPS) is 16.9. The van der Waals surface area contributed by atoms with Gasteiger partial charge in [0.05, 0.1) is 18.1 Å². The summed E-state index contributed by atoms with van der Waals surface area (Å²) >= 11 is 7.53. The molecule has 0 spiro atoms. The van der Waals surface area contributed by atoms with Crippen molar-refractivity contribution in [2.45, 2.75) is 19.4 Å². The molecule has 2 aromatic rings. The summed E-state index contributed by atoms with van der Waals surface area (Å²) in [5, 5.41) is 0. The van der Waals surface area contributed by atoms with E-state index in [1.54, 1.807) is 7.11 Å². The summed E-state index contributed by atoms with van der Waals surface area (Å²) < 4.78 is 8.32. The third-order valence-electron chi connectivity index (χ3n) is 3.76. The fraction of sp³-hybridized carbons (Fsp3) is 0.500. The van der Waals surface area contributed by atoms with Crippen LogP contribution in [0.3, 0.4) is 0 Å². The van der Waals surface area contributed by atoms with Crippen molar-refractivity contribution in [2.24, 2.45) is 5.92 Å². The molecule has 3 rings (SSSR count). The van der Waals surface area contributed by atoms with Gasteiger partial charge in [-0.1, -0.05) is 0 Å². The first-order chi connectivity index (χ1) is 9.28. The van der Waals surface area contributed by atoms with E-state index in [-0.39, 0.29) is 0 Å². The lowest BCUT2D eigenvalue weighted by Gasteiger charge is -2.21. The van der Waals surface area contributed by atoms with Crippen molar-refractivity contribution in [3.8, 4) is 5.75 Å². The SMILES string of the molecule is COc1ccc2c(c1)[nH]c(=S)n2CC1CCSCC1. The lowest BCUT2D eigenvalue weighted by atomic mass is 10.0. The van der Waals surface area contributed by atoms with E-state index in [9.17, 15) is 0 Å². The Morgan fingerprint density at radius 3 is 2.95 bits per heavy atom. The second kappa shape index (κ2) is 5.59. The molecule has 1 N–H and O–H groups in total. The molecule has 1 aromatic heterocycles. The average Bonchev–Trinajstić information content (AvgIpc) is 2.75. The number of imidazole rings is 1. The van der Waals surface area contributed by atoms with Gasteiger partial charge in [-0.25, -0.2) is 0 Å². The second-order valence-corrected chi connectivity index (χ2v) is 6.59. The topological polar surface area (TPSA) is 29.9 Å². The molecule has 1 aliphatic heterocycles. The van der Waals surface area contributed by atoms with Crippen molar-refractivity contribution < 1.29 is 4.74 Å². The van der Waals surface area contributed by atoms with Crippen molar-refractivity contribution in [3.05, 3.63) is 23.0 Å². The number of nitrogens with one attached hydrogen (secondary N) is 1. The minimum Gasteiger partial charge on any atom is -0.497 e. The molecule has 0 unspecified atom stereocenters. The summed E-state index contributed by atoms with van der Waals surface area (Å²) in [6.45, 7) is 1.03. The van der Waals surface area contributed by atoms with Crippen LogP contribution < -0.4 is 4.74 Å². The highest BCUT2D eigenvalue weighted by molar-refractivity contribution is 7.99. The Balaban J connectivity index is 1.93. The summed E-state index contributed by atoms with van der Waals surface area (Å²) in [6.07, 6.45) is 2.60. The highest BCUT2D eigenvalue weighted by Crippen LogP contribution is 2.27. The van der Waals surface area contributed by atoms with Crippen LogP contribution in [0.25, 0.3) is 11.0 Å². The maximum Gasteiger partial charge on any atom is 0.178 e. The maximum absolute atomic E-state index is 5.46. The molecule has 0 amide bonds. The fourth-order valence-corrected chi connectivity index (χ4v) is 4.13. The first-order valence-electron chi connectivity index (χ1n) is 6.62. The molecule has 3 nitrogen and oxygen atoms in total. The van der Waals surface area contributed by atoms with Crippen molar-refractivity contribution in [1.29, 1.82) is 0 Å². The van der Waals surface area contributed by atoms with E-state index in [2.05, 4.69) is 27.4 Å². The summed E-state index contributed by atoms with van der Waals surface area (Å²) in [4.78, 5) is 3.28. The van der Waals surface area contributed by atoms with Crippen LogP contribution in [0.5, 0.6) is 5.75 Å². The number of thioether (sulfide) groups is 1. The van der Waals surface area contributed by atoms with Crippen LogP contribution in [0, 0.1) is 10.7 Å². The Hall–Kier alpha value is -0.940. The monoisotopic (exact) mass is 294 g/mol. The van der Waals surface area contributed by atoms with Gasteiger partial charge < -0.3 is 14.3 Å². The third kappa shape index (κ3) is 2.67. The molecule has 1 aromatic carbocycles. The molecule has 0 saturated carbocycles. The zero-order valence-electron chi connectivity index (χ0n) is 11.0. The number of hydrogen-bond acceptors (Lipinski definition) is 3. The standard InChI is InChI=1S/C14H18N2OS2/c1-17-11-2-3-13-12(8-11)15-14(18)16(13)9-10-4-6-19-7-5-10/h2-3,8,10H,4-7,9H2,1H3,(H,15,18). The van der Waals surface area contributed by atoms with E-state index in [4.69, 9.17) is 17.0 Å². The zero-order valence-corrected chi connectivity index (χ0v) is 12.6. The molecule has 1 saturated heterocycles. The van der Waals surface area contributed by atoms with E-state index >= 15 is 0 Å². The number of aromatic nitrogens is 2. The lowest BCUT2D eigenvalue weighted by Crippen LogP contribution is -2.16. The molecule has 0 radical (unpaired) electrons. The quantitative estimate of drug-likeness (QED) is 0.872. The molecule has 2 heterocycles. The Kier molecular flexibility index (Phi) is 3.84. The minimum absolute atomic E-state index is 0.758. The van der Waals surface area contributed by atoms with Gasteiger partial charge >= 0.3 is 0 Å². The van der Waals surface area contributed by atoms with Crippen LogP contribution in [0.1, 0.15) is 12.8 Å². The number of rotatable bonds is 3. The average molecular weight is 294 g/mol. The van der Waals surface area contributed by atoms with Crippen LogP contribution >= 0.6 is 24.0 Å². The molecule has 5 heteroatoms. The summed E-state index contributed by atoms with van der Waals surface area (Å²) in [5.41, 5.74) is 2.25. The van der Waals surface area contributed by atoms with Crippen LogP contribution in [-0.2, 0) is 6.54 Å². The predicted molar refractivity (Wildman–Crippen MR) is 83.7 cm³/mol. The van der Waals surface area contributed by atoms with E-state index in [0.29, 0.717) is 0 Å². The van der Waals surface area contributed by atoms with Crippen LogP contribution in [-0.4, -0.2) is 28.2 Å². The van der Waals surface area contributed by atoms with Gasteiger partial charge in [-0.15, -0.1) is 0 Å². The Morgan fingerprint density at radius 2 is 2.21 bits per heavy atom. The molecular weight excluding hydrogens is 276 g/mol. The summed E-state index contributed by atoms with van der Waals surface area (Å²) in [7, 11) is 1.69. The van der Waals surface area contributed by atoms with Gasteiger partial charge in [-0.3, -0.25) is 0 Å². The molecule has 0 atom stereocenters.